The minimum atomic E-state index is -0.650. The van der Waals surface area contributed by atoms with E-state index in [1.165, 1.54) is 0 Å². The molecule has 34 heavy (non-hydrogen) atoms. The summed E-state index contributed by atoms with van der Waals surface area (Å²) < 4.78 is 5.81. The van der Waals surface area contributed by atoms with Crippen LogP contribution < -0.4 is 4.74 Å². The van der Waals surface area contributed by atoms with Crippen molar-refractivity contribution in [2.75, 3.05) is 26.2 Å². The Kier molecular flexibility index (Phi) is 8.15. The minimum absolute atomic E-state index is 0.0239. The SMILES string of the molecule is CCN(CC)CCN1C(=O)C(=O)/C(=C(/O)c2ccc(OC(C)C)c(C)c2)[C@@H]1c1ccc(C)cc1. The molecular weight excluding hydrogens is 428 g/mol. The Hall–Kier alpha value is -3.12. The summed E-state index contributed by atoms with van der Waals surface area (Å²) >= 11 is 0. The quantitative estimate of drug-likeness (QED) is 0.326. The molecule has 0 radical (unpaired) electrons. The maximum atomic E-state index is 13.2. The van der Waals surface area contributed by atoms with Gasteiger partial charge in [-0.3, -0.25) is 9.59 Å². The first-order valence-corrected chi connectivity index (χ1v) is 12.0. The molecule has 1 atom stereocenters. The number of hydrogen-bond donors (Lipinski definition) is 1. The lowest BCUT2D eigenvalue weighted by Gasteiger charge is -2.28. The number of benzene rings is 2. The number of amides is 1. The van der Waals surface area contributed by atoms with Gasteiger partial charge in [-0.05, 0) is 70.1 Å². The van der Waals surface area contributed by atoms with Gasteiger partial charge in [0.25, 0.3) is 11.7 Å². The Bertz CT molecular complexity index is 1070. The van der Waals surface area contributed by atoms with E-state index in [2.05, 4.69) is 18.7 Å². The van der Waals surface area contributed by atoms with Crippen molar-refractivity contribution in [1.29, 1.82) is 0 Å². The van der Waals surface area contributed by atoms with Crippen LogP contribution in [0.3, 0.4) is 0 Å². The van der Waals surface area contributed by atoms with Crippen molar-refractivity contribution in [3.63, 3.8) is 0 Å². The Morgan fingerprint density at radius 2 is 1.71 bits per heavy atom. The first-order valence-electron chi connectivity index (χ1n) is 12.0. The second kappa shape index (κ2) is 10.9. The zero-order valence-electron chi connectivity index (χ0n) is 21.1. The highest BCUT2D eigenvalue weighted by Crippen LogP contribution is 2.39. The fourth-order valence-corrected chi connectivity index (χ4v) is 4.33. The molecule has 1 heterocycles. The molecule has 1 fully saturated rings. The van der Waals surface area contributed by atoms with Gasteiger partial charge in [0.05, 0.1) is 17.7 Å². The molecule has 1 saturated heterocycles. The first-order chi connectivity index (χ1) is 16.2. The van der Waals surface area contributed by atoms with Gasteiger partial charge >= 0.3 is 0 Å². The van der Waals surface area contributed by atoms with Crippen LogP contribution in [0.2, 0.25) is 0 Å². The highest BCUT2D eigenvalue weighted by atomic mass is 16.5. The van der Waals surface area contributed by atoms with Crippen LogP contribution >= 0.6 is 0 Å². The third kappa shape index (κ3) is 5.33. The Morgan fingerprint density at radius 1 is 1.06 bits per heavy atom. The minimum Gasteiger partial charge on any atom is -0.507 e. The summed E-state index contributed by atoms with van der Waals surface area (Å²) in [5.41, 5.74) is 3.36. The van der Waals surface area contributed by atoms with Gasteiger partial charge in [0, 0.05) is 18.7 Å². The molecule has 1 aliphatic rings. The molecule has 0 bridgehead atoms. The number of carbonyl (C=O) groups excluding carboxylic acids is 2. The van der Waals surface area contributed by atoms with Gasteiger partial charge < -0.3 is 19.6 Å². The number of aliphatic hydroxyl groups excluding tert-OH is 1. The topological polar surface area (TPSA) is 70.1 Å². The number of likely N-dealkylation sites (N-methyl/N-ethyl adjacent to an activating group) is 1. The molecule has 3 rings (SSSR count). The number of likely N-dealkylation sites (tertiary alicyclic amines) is 1. The van der Waals surface area contributed by atoms with Crippen LogP contribution in [0, 0.1) is 13.8 Å². The molecule has 6 nitrogen and oxygen atoms in total. The summed E-state index contributed by atoms with van der Waals surface area (Å²) in [5, 5.41) is 11.3. The smallest absolute Gasteiger partial charge is 0.295 e. The van der Waals surface area contributed by atoms with E-state index in [0.29, 0.717) is 18.7 Å². The Labute approximate surface area is 202 Å². The van der Waals surface area contributed by atoms with E-state index >= 15 is 0 Å². The van der Waals surface area contributed by atoms with Crippen molar-refractivity contribution in [2.24, 2.45) is 0 Å². The number of rotatable bonds is 9. The lowest BCUT2D eigenvalue weighted by atomic mass is 9.94. The Balaban J connectivity index is 2.08. The summed E-state index contributed by atoms with van der Waals surface area (Å²) in [5.74, 6) is -0.659. The van der Waals surface area contributed by atoms with Crippen LogP contribution in [-0.2, 0) is 9.59 Å². The molecule has 2 aromatic carbocycles. The van der Waals surface area contributed by atoms with Crippen LogP contribution in [0.25, 0.3) is 5.76 Å². The predicted octanol–water partition coefficient (Wildman–Crippen LogP) is 4.85. The predicted molar refractivity (Wildman–Crippen MR) is 135 cm³/mol. The van der Waals surface area contributed by atoms with Crippen LogP contribution in [0.5, 0.6) is 5.75 Å². The van der Waals surface area contributed by atoms with Crippen LogP contribution in [0.4, 0.5) is 0 Å². The molecule has 6 heteroatoms. The zero-order chi connectivity index (χ0) is 25.0. The van der Waals surface area contributed by atoms with Crippen LogP contribution in [0.1, 0.15) is 56.0 Å². The average molecular weight is 465 g/mol. The second-order valence-corrected chi connectivity index (χ2v) is 9.08. The van der Waals surface area contributed by atoms with Crippen molar-refractivity contribution < 1.29 is 19.4 Å². The van der Waals surface area contributed by atoms with Crippen molar-refractivity contribution in [3.8, 4) is 5.75 Å². The normalized spacial score (nSPS) is 17.8. The van der Waals surface area contributed by atoms with Gasteiger partial charge in [-0.25, -0.2) is 0 Å². The lowest BCUT2D eigenvalue weighted by Crippen LogP contribution is -2.38. The second-order valence-electron chi connectivity index (χ2n) is 9.08. The maximum absolute atomic E-state index is 13.2. The Morgan fingerprint density at radius 3 is 2.26 bits per heavy atom. The first kappa shape index (κ1) is 25.5. The van der Waals surface area contributed by atoms with Crippen molar-refractivity contribution >= 4 is 17.4 Å². The van der Waals surface area contributed by atoms with Crippen molar-refractivity contribution in [1.82, 2.24) is 9.80 Å². The maximum Gasteiger partial charge on any atom is 0.295 e. The molecule has 2 aromatic rings. The number of aryl methyl sites for hydroxylation is 2. The highest BCUT2D eigenvalue weighted by molar-refractivity contribution is 6.46. The fourth-order valence-electron chi connectivity index (χ4n) is 4.33. The van der Waals surface area contributed by atoms with Gasteiger partial charge in [-0.15, -0.1) is 0 Å². The van der Waals surface area contributed by atoms with Crippen molar-refractivity contribution in [2.45, 2.75) is 53.7 Å². The van der Waals surface area contributed by atoms with Crippen LogP contribution in [-0.4, -0.2) is 58.9 Å². The molecule has 0 unspecified atom stereocenters. The van der Waals surface area contributed by atoms with Gasteiger partial charge in [0.2, 0.25) is 0 Å². The zero-order valence-corrected chi connectivity index (χ0v) is 21.1. The molecule has 182 valence electrons. The van der Waals surface area contributed by atoms with Gasteiger partial charge in [-0.2, -0.15) is 0 Å². The van der Waals surface area contributed by atoms with Gasteiger partial charge in [0.15, 0.2) is 0 Å². The van der Waals surface area contributed by atoms with Gasteiger partial charge in [0.1, 0.15) is 11.5 Å². The number of carbonyl (C=O) groups is 2. The summed E-state index contributed by atoms with van der Waals surface area (Å²) in [6.07, 6.45) is 0.0239. The third-order valence-corrected chi connectivity index (χ3v) is 6.30. The molecular formula is C28H36N2O4. The molecule has 1 aliphatic heterocycles. The van der Waals surface area contributed by atoms with E-state index < -0.39 is 17.7 Å². The van der Waals surface area contributed by atoms with E-state index in [0.717, 1.165) is 35.5 Å². The number of Topliss-reactive ketones (excluding diaryl/α,β-unsaturated/α-hetero) is 1. The standard InChI is InChI=1S/C28H36N2O4/c1-7-29(8-2)15-16-30-25(21-11-9-19(5)10-12-21)24(27(32)28(30)33)26(31)22-13-14-23(20(6)17-22)34-18(3)4/h9-14,17-18,25,31H,7-8,15-16H2,1-6H3/b26-24+/t25-/m0/s1. The van der Waals surface area contributed by atoms with E-state index in [4.69, 9.17) is 4.74 Å². The average Bonchev–Trinajstić information content (AvgIpc) is 3.05. The van der Waals surface area contributed by atoms with E-state index in [-0.39, 0.29) is 17.4 Å². The largest absolute Gasteiger partial charge is 0.507 e. The van der Waals surface area contributed by atoms with Crippen molar-refractivity contribution in [3.05, 3.63) is 70.3 Å². The van der Waals surface area contributed by atoms with E-state index in [9.17, 15) is 14.7 Å². The monoisotopic (exact) mass is 464 g/mol. The summed E-state index contributed by atoms with van der Waals surface area (Å²) in [6, 6.07) is 12.5. The third-order valence-electron chi connectivity index (χ3n) is 6.30. The summed E-state index contributed by atoms with van der Waals surface area (Å²) in [7, 11) is 0. The lowest BCUT2D eigenvalue weighted by molar-refractivity contribution is -0.140. The molecule has 0 aliphatic carbocycles. The number of hydrogen-bond acceptors (Lipinski definition) is 5. The molecule has 1 amide bonds. The number of nitrogens with zero attached hydrogens (tertiary/aromatic N) is 2. The van der Waals surface area contributed by atoms with Gasteiger partial charge in [-0.1, -0.05) is 43.7 Å². The highest BCUT2D eigenvalue weighted by Gasteiger charge is 2.45. The number of aliphatic hydroxyl groups is 1. The number of ketones is 1. The summed E-state index contributed by atoms with van der Waals surface area (Å²) in [4.78, 5) is 30.1. The van der Waals surface area contributed by atoms with E-state index in [1.807, 2.05) is 52.0 Å². The summed E-state index contributed by atoms with van der Waals surface area (Å²) in [6.45, 7) is 14.7. The molecule has 0 saturated carbocycles. The van der Waals surface area contributed by atoms with Crippen LogP contribution in [0.15, 0.2) is 48.0 Å². The molecule has 0 aromatic heterocycles. The molecule has 1 N–H and O–H groups in total. The molecule has 0 spiro atoms. The fraction of sp³-hybridized carbons (Fsp3) is 0.429. The van der Waals surface area contributed by atoms with E-state index in [1.54, 1.807) is 23.1 Å². The number of ether oxygens (including phenoxy) is 1.